The van der Waals surface area contributed by atoms with Crippen LogP contribution in [-0.4, -0.2) is 12.1 Å². The Morgan fingerprint density at radius 2 is 1.96 bits per heavy atom. The smallest absolute Gasteiger partial charge is 0.307 e. The molecule has 0 spiro atoms. The predicted octanol–water partition coefficient (Wildman–Crippen LogP) is 3.62. The van der Waals surface area contributed by atoms with Gasteiger partial charge in [-0.15, -0.1) is 0 Å². The van der Waals surface area contributed by atoms with Crippen LogP contribution in [0.3, 0.4) is 0 Å². The van der Waals surface area contributed by atoms with Crippen LogP contribution in [0.4, 0.5) is 0 Å². The number of carbonyl (C=O) groups excluding carboxylic acids is 1. The maximum absolute atomic E-state index is 11.7. The van der Waals surface area contributed by atoms with E-state index in [-0.39, 0.29) is 5.76 Å². The SMILES string of the molecule is O=C(N/N=C\c1cccc(OCc2ccccc2)c1)c1ccco1. The van der Waals surface area contributed by atoms with E-state index in [2.05, 4.69) is 10.5 Å². The molecule has 24 heavy (non-hydrogen) atoms. The van der Waals surface area contributed by atoms with Gasteiger partial charge in [-0.2, -0.15) is 5.10 Å². The molecule has 0 fully saturated rings. The van der Waals surface area contributed by atoms with E-state index in [0.717, 1.165) is 16.9 Å². The Balaban J connectivity index is 1.56. The lowest BCUT2D eigenvalue weighted by Crippen LogP contribution is -2.16. The quantitative estimate of drug-likeness (QED) is 0.557. The van der Waals surface area contributed by atoms with Gasteiger partial charge in [-0.25, -0.2) is 5.43 Å². The van der Waals surface area contributed by atoms with Crippen molar-refractivity contribution in [3.8, 4) is 5.75 Å². The zero-order chi connectivity index (χ0) is 16.6. The summed E-state index contributed by atoms with van der Waals surface area (Å²) >= 11 is 0. The van der Waals surface area contributed by atoms with Gasteiger partial charge in [0, 0.05) is 0 Å². The number of carbonyl (C=O) groups is 1. The van der Waals surface area contributed by atoms with Gasteiger partial charge in [0.25, 0.3) is 0 Å². The molecule has 0 bridgehead atoms. The highest BCUT2D eigenvalue weighted by Crippen LogP contribution is 2.14. The third-order valence-electron chi connectivity index (χ3n) is 3.23. The van der Waals surface area contributed by atoms with E-state index >= 15 is 0 Å². The first-order valence-electron chi connectivity index (χ1n) is 7.45. The molecule has 0 saturated carbocycles. The van der Waals surface area contributed by atoms with Crippen molar-refractivity contribution in [2.45, 2.75) is 6.61 Å². The fraction of sp³-hybridized carbons (Fsp3) is 0.0526. The van der Waals surface area contributed by atoms with E-state index in [1.54, 1.807) is 18.3 Å². The summed E-state index contributed by atoms with van der Waals surface area (Å²) in [5.41, 5.74) is 4.33. The van der Waals surface area contributed by atoms with Crippen LogP contribution < -0.4 is 10.2 Å². The molecule has 0 aliphatic carbocycles. The van der Waals surface area contributed by atoms with Crippen LogP contribution in [0, 0.1) is 0 Å². The molecule has 0 atom stereocenters. The molecule has 0 saturated heterocycles. The third kappa shape index (κ3) is 4.33. The van der Waals surface area contributed by atoms with Crippen LogP contribution in [0.2, 0.25) is 0 Å². The van der Waals surface area contributed by atoms with Crippen LogP contribution in [0.15, 0.2) is 82.5 Å². The predicted molar refractivity (Wildman–Crippen MR) is 91.0 cm³/mol. The highest BCUT2D eigenvalue weighted by atomic mass is 16.5. The van der Waals surface area contributed by atoms with Gasteiger partial charge in [0.1, 0.15) is 12.4 Å². The molecule has 1 heterocycles. The number of amides is 1. The van der Waals surface area contributed by atoms with E-state index in [1.165, 1.54) is 6.26 Å². The lowest BCUT2D eigenvalue weighted by Gasteiger charge is -2.06. The van der Waals surface area contributed by atoms with E-state index in [4.69, 9.17) is 9.15 Å². The number of ether oxygens (including phenoxy) is 1. The van der Waals surface area contributed by atoms with Gasteiger partial charge >= 0.3 is 5.91 Å². The summed E-state index contributed by atoms with van der Waals surface area (Å²) in [5.74, 6) is 0.556. The van der Waals surface area contributed by atoms with Gasteiger partial charge in [0.2, 0.25) is 0 Å². The second-order valence-electron chi connectivity index (χ2n) is 5.02. The van der Waals surface area contributed by atoms with Crippen molar-refractivity contribution >= 4 is 12.1 Å². The van der Waals surface area contributed by atoms with Crippen LogP contribution in [0.1, 0.15) is 21.7 Å². The largest absolute Gasteiger partial charge is 0.489 e. The summed E-state index contributed by atoms with van der Waals surface area (Å²) in [7, 11) is 0. The molecule has 3 aromatic rings. The Kier molecular flexibility index (Phi) is 5.04. The van der Waals surface area contributed by atoms with Gasteiger partial charge in [0.15, 0.2) is 5.76 Å². The van der Waals surface area contributed by atoms with Gasteiger partial charge < -0.3 is 9.15 Å². The molecular formula is C19H16N2O3. The molecule has 5 nitrogen and oxygen atoms in total. The monoisotopic (exact) mass is 320 g/mol. The van der Waals surface area contributed by atoms with Gasteiger partial charge in [-0.05, 0) is 35.4 Å². The summed E-state index contributed by atoms with van der Waals surface area (Å²) in [6.07, 6.45) is 2.99. The Morgan fingerprint density at radius 3 is 2.75 bits per heavy atom. The van der Waals surface area contributed by atoms with Gasteiger partial charge in [0.05, 0.1) is 12.5 Å². The van der Waals surface area contributed by atoms with Crippen molar-refractivity contribution < 1.29 is 13.9 Å². The Hall–Kier alpha value is -3.34. The van der Waals surface area contributed by atoms with E-state index in [9.17, 15) is 4.79 Å². The average Bonchev–Trinajstić information content (AvgIpc) is 3.16. The molecular weight excluding hydrogens is 304 g/mol. The summed E-state index contributed by atoms with van der Waals surface area (Å²) in [6.45, 7) is 0.497. The molecule has 1 aromatic heterocycles. The number of hydrogen-bond acceptors (Lipinski definition) is 4. The molecule has 1 N–H and O–H groups in total. The summed E-state index contributed by atoms with van der Waals surface area (Å²) in [5, 5.41) is 3.92. The number of benzene rings is 2. The molecule has 120 valence electrons. The van der Waals surface area contributed by atoms with Crippen LogP contribution in [0.25, 0.3) is 0 Å². The van der Waals surface area contributed by atoms with E-state index < -0.39 is 5.91 Å². The summed E-state index contributed by atoms with van der Waals surface area (Å²) in [6, 6.07) is 20.6. The summed E-state index contributed by atoms with van der Waals surface area (Å²) < 4.78 is 10.7. The third-order valence-corrected chi connectivity index (χ3v) is 3.23. The molecule has 5 heteroatoms. The van der Waals surface area contributed by atoms with Crippen molar-refractivity contribution in [3.63, 3.8) is 0 Å². The van der Waals surface area contributed by atoms with Crippen LogP contribution in [0.5, 0.6) is 5.75 Å². The second kappa shape index (κ2) is 7.78. The lowest BCUT2D eigenvalue weighted by atomic mass is 10.2. The second-order valence-corrected chi connectivity index (χ2v) is 5.02. The lowest BCUT2D eigenvalue weighted by molar-refractivity contribution is 0.0927. The minimum Gasteiger partial charge on any atom is -0.489 e. The van der Waals surface area contributed by atoms with E-state index in [1.807, 2.05) is 54.6 Å². The van der Waals surface area contributed by atoms with Crippen LogP contribution >= 0.6 is 0 Å². The minimum atomic E-state index is -0.396. The zero-order valence-corrected chi connectivity index (χ0v) is 12.9. The molecule has 0 aliphatic rings. The van der Waals surface area contributed by atoms with Crippen molar-refractivity contribution in [1.82, 2.24) is 5.43 Å². The number of hydrazone groups is 1. The highest BCUT2D eigenvalue weighted by Gasteiger charge is 2.05. The Bertz CT molecular complexity index is 812. The average molecular weight is 320 g/mol. The highest BCUT2D eigenvalue weighted by molar-refractivity contribution is 5.92. The molecule has 0 radical (unpaired) electrons. The van der Waals surface area contributed by atoms with Crippen molar-refractivity contribution in [2.24, 2.45) is 5.10 Å². The first-order valence-corrected chi connectivity index (χ1v) is 7.45. The van der Waals surface area contributed by atoms with Crippen LogP contribution in [-0.2, 0) is 6.61 Å². The molecule has 2 aromatic carbocycles. The normalized spacial score (nSPS) is 10.7. The Labute approximate surface area is 139 Å². The topological polar surface area (TPSA) is 63.8 Å². The molecule has 0 aliphatic heterocycles. The zero-order valence-electron chi connectivity index (χ0n) is 12.9. The fourth-order valence-corrected chi connectivity index (χ4v) is 2.05. The molecule has 1 amide bonds. The first kappa shape index (κ1) is 15.6. The minimum absolute atomic E-state index is 0.215. The first-order chi connectivity index (χ1) is 11.8. The molecule has 3 rings (SSSR count). The molecule has 0 unspecified atom stereocenters. The van der Waals surface area contributed by atoms with E-state index in [0.29, 0.717) is 6.61 Å². The maximum Gasteiger partial charge on any atom is 0.307 e. The van der Waals surface area contributed by atoms with Crippen molar-refractivity contribution in [1.29, 1.82) is 0 Å². The fourth-order valence-electron chi connectivity index (χ4n) is 2.05. The number of furan rings is 1. The number of rotatable bonds is 6. The van der Waals surface area contributed by atoms with Crippen molar-refractivity contribution in [3.05, 3.63) is 89.9 Å². The van der Waals surface area contributed by atoms with Crippen molar-refractivity contribution in [2.75, 3.05) is 0 Å². The standard InChI is InChI=1S/C19H16N2O3/c22-19(18-10-5-11-23-18)21-20-13-16-8-4-9-17(12-16)24-14-15-6-2-1-3-7-15/h1-13H,14H2,(H,21,22)/b20-13-. The summed E-state index contributed by atoms with van der Waals surface area (Å²) in [4.78, 5) is 11.7. The Morgan fingerprint density at radius 1 is 1.08 bits per heavy atom. The maximum atomic E-state index is 11.7. The number of nitrogens with zero attached hydrogens (tertiary/aromatic N) is 1. The number of nitrogens with one attached hydrogen (secondary N) is 1. The van der Waals surface area contributed by atoms with Gasteiger partial charge in [-0.1, -0.05) is 42.5 Å². The van der Waals surface area contributed by atoms with Gasteiger partial charge in [-0.3, -0.25) is 4.79 Å². The number of hydrogen-bond donors (Lipinski definition) is 1.